The summed E-state index contributed by atoms with van der Waals surface area (Å²) in [5.74, 6) is -2.42. The predicted molar refractivity (Wildman–Crippen MR) is 178 cm³/mol. The number of anilines is 1. The number of ether oxygens (including phenoxy) is 3. The summed E-state index contributed by atoms with van der Waals surface area (Å²) in [6.45, 7) is 5.15. The number of nitrogens with zero attached hydrogens (tertiary/aromatic N) is 1. The van der Waals surface area contributed by atoms with Crippen molar-refractivity contribution in [3.05, 3.63) is 76.4 Å². The summed E-state index contributed by atoms with van der Waals surface area (Å²) in [5, 5.41) is 16.3. The first kappa shape index (κ1) is 39.8. The van der Waals surface area contributed by atoms with Crippen LogP contribution < -0.4 is 15.4 Å². The zero-order valence-electron chi connectivity index (χ0n) is 28.1. The number of allylic oxidation sites excluding steroid dienone is 1. The fourth-order valence-corrected chi connectivity index (χ4v) is 4.49. The molecule has 2 aromatic carbocycles. The van der Waals surface area contributed by atoms with Gasteiger partial charge in [0.1, 0.15) is 12.4 Å². The van der Waals surface area contributed by atoms with Gasteiger partial charge < -0.3 is 24.8 Å². The highest BCUT2D eigenvalue weighted by Crippen LogP contribution is 2.19. The maximum Gasteiger partial charge on any atom is 0.514 e. The molecule has 0 saturated carbocycles. The molecule has 0 unspecified atom stereocenters. The number of hydrogen-bond acceptors (Lipinski definition) is 11. The van der Waals surface area contributed by atoms with Gasteiger partial charge in [0.05, 0.1) is 18.1 Å². The third kappa shape index (κ3) is 15.4. The monoisotopic (exact) mass is 681 g/mol. The number of nitro benzene ring substituents is 1. The summed E-state index contributed by atoms with van der Waals surface area (Å²) >= 11 is 0. The lowest BCUT2D eigenvalue weighted by Crippen LogP contribution is -2.45. The van der Waals surface area contributed by atoms with E-state index >= 15 is 0 Å². The Morgan fingerprint density at radius 2 is 1.49 bits per heavy atom. The number of ketones is 2. The Kier molecular flexibility index (Phi) is 16.8. The lowest BCUT2D eigenvalue weighted by atomic mass is 9.92. The van der Waals surface area contributed by atoms with E-state index in [1.54, 1.807) is 31.2 Å². The molecule has 14 nitrogen and oxygen atoms in total. The highest BCUT2D eigenvalue weighted by molar-refractivity contribution is 5.97. The summed E-state index contributed by atoms with van der Waals surface area (Å²) in [5.41, 5.74) is 0.935. The SMILES string of the molecule is COC(=O)/C=C\C(=O)CCCCCCC(=O)N[C@H](C(=O)C[C@@H](C)C(=O)Nc1ccc(COC(=O)Oc2ccc([N+](=O)[O-])cc2)cc1)C(C)C. The van der Waals surface area contributed by atoms with E-state index in [-0.39, 0.29) is 60.2 Å². The number of Topliss-reactive ketones (excluding diaryl/α,β-unsaturated/α-hetero) is 1. The van der Waals surface area contributed by atoms with E-state index < -0.39 is 29.0 Å². The Bertz CT molecular complexity index is 1490. The minimum absolute atomic E-state index is 0.0732. The van der Waals surface area contributed by atoms with Crippen molar-refractivity contribution in [2.24, 2.45) is 11.8 Å². The van der Waals surface area contributed by atoms with E-state index in [1.807, 2.05) is 13.8 Å². The van der Waals surface area contributed by atoms with Crippen LogP contribution in [0.25, 0.3) is 0 Å². The number of methoxy groups -OCH3 is 1. The molecule has 49 heavy (non-hydrogen) atoms. The number of hydrogen-bond donors (Lipinski definition) is 2. The number of nitro groups is 1. The standard InChI is InChI=1S/C35H43N3O11/c1-23(2)33(37-31(41)10-8-6-5-7-9-28(39)17-20-32(42)47-4)30(40)21-24(3)34(43)36-26-13-11-25(12-14-26)22-48-35(44)49-29-18-15-27(16-19-29)38(45)46/h11-20,23-24,33H,5-10,21-22H2,1-4H3,(H,36,43)(H,37,41)/b20-17-/t24-,33+/m1/s1. The van der Waals surface area contributed by atoms with Gasteiger partial charge in [-0.15, -0.1) is 0 Å². The molecule has 2 amide bonds. The fourth-order valence-electron chi connectivity index (χ4n) is 4.49. The minimum atomic E-state index is -0.991. The predicted octanol–water partition coefficient (Wildman–Crippen LogP) is 5.62. The van der Waals surface area contributed by atoms with Gasteiger partial charge in [-0.25, -0.2) is 9.59 Å². The molecule has 0 saturated heterocycles. The topological polar surface area (TPSA) is 197 Å². The van der Waals surface area contributed by atoms with Crippen LogP contribution in [0.2, 0.25) is 0 Å². The summed E-state index contributed by atoms with van der Waals surface area (Å²) in [6.07, 6.45) is 4.42. The van der Waals surface area contributed by atoms with E-state index in [0.29, 0.717) is 30.5 Å². The zero-order valence-corrected chi connectivity index (χ0v) is 28.1. The van der Waals surface area contributed by atoms with Crippen LogP contribution in [-0.4, -0.2) is 53.6 Å². The highest BCUT2D eigenvalue weighted by Gasteiger charge is 2.27. The van der Waals surface area contributed by atoms with Gasteiger partial charge in [0.15, 0.2) is 11.6 Å². The van der Waals surface area contributed by atoms with Crippen molar-refractivity contribution in [2.45, 2.75) is 78.4 Å². The molecule has 0 aliphatic rings. The number of nitrogens with one attached hydrogen (secondary N) is 2. The van der Waals surface area contributed by atoms with Crippen molar-refractivity contribution in [1.82, 2.24) is 5.32 Å². The van der Waals surface area contributed by atoms with Crippen LogP contribution in [-0.2, 0) is 40.1 Å². The average molecular weight is 682 g/mol. The summed E-state index contributed by atoms with van der Waals surface area (Å²) in [6, 6.07) is 10.7. The minimum Gasteiger partial charge on any atom is -0.466 e. The third-order valence-electron chi connectivity index (χ3n) is 7.30. The highest BCUT2D eigenvalue weighted by atomic mass is 16.7. The van der Waals surface area contributed by atoms with Crippen LogP contribution in [0.4, 0.5) is 16.2 Å². The van der Waals surface area contributed by atoms with Gasteiger partial charge in [0.25, 0.3) is 5.69 Å². The van der Waals surface area contributed by atoms with Crippen LogP contribution in [0.3, 0.4) is 0 Å². The van der Waals surface area contributed by atoms with Crippen molar-refractivity contribution in [1.29, 1.82) is 0 Å². The first-order valence-corrected chi connectivity index (χ1v) is 15.9. The number of carbonyl (C=O) groups is 6. The Labute approximate surface area is 284 Å². The number of rotatable bonds is 20. The number of unbranched alkanes of at least 4 members (excludes halogenated alkanes) is 3. The second-order valence-electron chi connectivity index (χ2n) is 11.7. The Morgan fingerprint density at radius 3 is 2.08 bits per heavy atom. The molecule has 0 aromatic heterocycles. The third-order valence-corrected chi connectivity index (χ3v) is 7.30. The van der Waals surface area contributed by atoms with E-state index in [2.05, 4.69) is 15.4 Å². The Hall–Kier alpha value is -5.40. The fraction of sp³-hybridized carbons (Fsp3) is 0.429. The molecule has 2 rings (SSSR count). The van der Waals surface area contributed by atoms with Gasteiger partial charge in [-0.05, 0) is 54.7 Å². The van der Waals surface area contributed by atoms with E-state index in [4.69, 9.17) is 9.47 Å². The van der Waals surface area contributed by atoms with E-state index in [9.17, 15) is 38.9 Å². The largest absolute Gasteiger partial charge is 0.514 e. The first-order valence-electron chi connectivity index (χ1n) is 15.9. The van der Waals surface area contributed by atoms with Crippen molar-refractivity contribution >= 4 is 46.9 Å². The molecule has 0 spiro atoms. The normalized spacial score (nSPS) is 12.1. The van der Waals surface area contributed by atoms with Gasteiger partial charge >= 0.3 is 12.1 Å². The van der Waals surface area contributed by atoms with Crippen LogP contribution in [0.1, 0.15) is 71.3 Å². The number of carbonyl (C=O) groups excluding carboxylic acids is 6. The van der Waals surface area contributed by atoms with Gasteiger partial charge in [0, 0.05) is 49.1 Å². The van der Waals surface area contributed by atoms with Gasteiger partial charge in [-0.2, -0.15) is 0 Å². The molecule has 264 valence electrons. The van der Waals surface area contributed by atoms with Gasteiger partial charge in [-0.3, -0.25) is 29.3 Å². The lowest BCUT2D eigenvalue weighted by Gasteiger charge is -2.23. The van der Waals surface area contributed by atoms with Crippen LogP contribution in [0, 0.1) is 22.0 Å². The molecule has 0 aliphatic heterocycles. The lowest BCUT2D eigenvalue weighted by molar-refractivity contribution is -0.384. The quantitative estimate of drug-likeness (QED) is 0.0439. The van der Waals surface area contributed by atoms with Crippen LogP contribution >= 0.6 is 0 Å². The molecule has 0 fully saturated rings. The molecule has 0 radical (unpaired) electrons. The molecular weight excluding hydrogens is 638 g/mol. The number of non-ortho nitro benzene ring substituents is 1. The smallest absolute Gasteiger partial charge is 0.466 e. The second kappa shape index (κ2) is 20.8. The van der Waals surface area contributed by atoms with Crippen molar-refractivity contribution in [3.63, 3.8) is 0 Å². The van der Waals surface area contributed by atoms with Crippen molar-refractivity contribution in [2.75, 3.05) is 12.4 Å². The number of benzene rings is 2. The second-order valence-corrected chi connectivity index (χ2v) is 11.7. The Balaban J connectivity index is 1.73. The zero-order chi connectivity index (χ0) is 36.3. The van der Waals surface area contributed by atoms with E-state index in [1.165, 1.54) is 37.5 Å². The van der Waals surface area contributed by atoms with Gasteiger partial charge in [0.2, 0.25) is 11.8 Å². The molecule has 0 bridgehead atoms. The first-order chi connectivity index (χ1) is 23.3. The molecule has 14 heteroatoms. The Morgan fingerprint density at radius 1 is 0.857 bits per heavy atom. The van der Waals surface area contributed by atoms with E-state index in [0.717, 1.165) is 18.9 Å². The maximum absolute atomic E-state index is 13.1. The van der Waals surface area contributed by atoms with Crippen LogP contribution in [0.5, 0.6) is 5.75 Å². The molecule has 2 atom stereocenters. The van der Waals surface area contributed by atoms with Crippen molar-refractivity contribution in [3.8, 4) is 5.75 Å². The molecule has 2 N–H and O–H groups in total. The maximum atomic E-state index is 13.1. The molecule has 0 heterocycles. The average Bonchev–Trinajstić information content (AvgIpc) is 3.07. The summed E-state index contributed by atoms with van der Waals surface area (Å²) < 4.78 is 14.5. The van der Waals surface area contributed by atoms with Crippen LogP contribution in [0.15, 0.2) is 60.7 Å². The molecule has 2 aromatic rings. The van der Waals surface area contributed by atoms with Crippen molar-refractivity contribution < 1.29 is 47.9 Å². The molecular formula is C35H43N3O11. The molecule has 0 aliphatic carbocycles. The summed E-state index contributed by atoms with van der Waals surface area (Å²) in [4.78, 5) is 83.3. The van der Waals surface area contributed by atoms with Gasteiger partial charge in [-0.1, -0.05) is 45.7 Å². The number of amides is 2. The number of esters is 1. The summed E-state index contributed by atoms with van der Waals surface area (Å²) in [7, 11) is 1.23.